The highest BCUT2D eigenvalue weighted by Gasteiger charge is 2.15. The van der Waals surface area contributed by atoms with Crippen molar-refractivity contribution in [3.05, 3.63) is 35.4 Å². The summed E-state index contributed by atoms with van der Waals surface area (Å²) in [6, 6.07) is 6.77. The number of alkyl carbamates (subject to hydrolysis) is 1. The zero-order chi connectivity index (χ0) is 13.8. The number of carbonyl (C=O) groups excluding carboxylic acids is 2. The van der Waals surface area contributed by atoms with Crippen LogP contribution in [0.3, 0.4) is 0 Å². The monoisotopic (exact) mass is 250 g/mol. The van der Waals surface area contributed by atoms with E-state index in [1.165, 1.54) is 0 Å². The quantitative estimate of drug-likeness (QED) is 0.858. The molecule has 0 saturated heterocycles. The summed E-state index contributed by atoms with van der Waals surface area (Å²) in [6.07, 6.45) is -0.494. The number of nitrogens with one attached hydrogen (secondary N) is 1. The van der Waals surface area contributed by atoms with Crippen LogP contribution in [0.1, 0.15) is 36.7 Å². The lowest BCUT2D eigenvalue weighted by atomic mass is 10.1. The highest BCUT2D eigenvalue weighted by atomic mass is 16.6. The van der Waals surface area contributed by atoms with E-state index < -0.39 is 17.6 Å². The molecule has 0 fully saturated rings. The highest BCUT2D eigenvalue weighted by molar-refractivity contribution is 5.92. The fourth-order valence-electron chi connectivity index (χ4n) is 1.32. The van der Waals surface area contributed by atoms with Crippen LogP contribution in [0, 0.1) is 0 Å². The van der Waals surface area contributed by atoms with Gasteiger partial charge in [0.25, 0.3) is 0 Å². The van der Waals surface area contributed by atoms with Crippen molar-refractivity contribution in [3.8, 4) is 0 Å². The summed E-state index contributed by atoms with van der Waals surface area (Å²) in [7, 11) is 0. The van der Waals surface area contributed by atoms with Gasteiger partial charge in [-0.05, 0) is 38.5 Å². The van der Waals surface area contributed by atoms with Crippen molar-refractivity contribution in [2.75, 3.05) is 0 Å². The maximum atomic E-state index is 11.4. The molecule has 2 amide bonds. The molecule has 3 N–H and O–H groups in total. The third kappa shape index (κ3) is 4.86. The van der Waals surface area contributed by atoms with Gasteiger partial charge in [-0.2, -0.15) is 0 Å². The highest BCUT2D eigenvalue weighted by Crippen LogP contribution is 2.08. The second-order valence-electron chi connectivity index (χ2n) is 4.92. The van der Waals surface area contributed by atoms with Crippen molar-refractivity contribution >= 4 is 12.0 Å². The van der Waals surface area contributed by atoms with E-state index in [2.05, 4.69) is 5.32 Å². The Hall–Kier alpha value is -2.04. The molecule has 0 heterocycles. The molecule has 0 spiro atoms. The Kier molecular flexibility index (Phi) is 4.31. The number of nitrogens with two attached hydrogens (primary N) is 1. The van der Waals surface area contributed by atoms with Gasteiger partial charge in [0.15, 0.2) is 0 Å². The van der Waals surface area contributed by atoms with Crippen molar-refractivity contribution in [2.45, 2.75) is 32.9 Å². The molecule has 0 aromatic heterocycles. The Morgan fingerprint density at radius 2 is 2.00 bits per heavy atom. The normalized spacial score (nSPS) is 10.8. The van der Waals surface area contributed by atoms with E-state index >= 15 is 0 Å². The number of rotatable bonds is 3. The third-order valence-electron chi connectivity index (χ3n) is 2.05. The van der Waals surface area contributed by atoms with Crippen molar-refractivity contribution in [2.24, 2.45) is 5.73 Å². The molecule has 0 saturated carbocycles. The fourth-order valence-corrected chi connectivity index (χ4v) is 1.32. The van der Waals surface area contributed by atoms with Gasteiger partial charge in [-0.25, -0.2) is 4.79 Å². The lowest BCUT2D eigenvalue weighted by molar-refractivity contribution is 0.0523. The second kappa shape index (κ2) is 5.53. The molecule has 1 rings (SSSR count). The zero-order valence-corrected chi connectivity index (χ0v) is 10.8. The van der Waals surface area contributed by atoms with Gasteiger partial charge in [0.1, 0.15) is 5.60 Å². The summed E-state index contributed by atoms with van der Waals surface area (Å²) >= 11 is 0. The molecule has 1 aromatic carbocycles. The molecule has 0 atom stereocenters. The first-order chi connectivity index (χ1) is 8.28. The molecular formula is C13H18N2O3. The van der Waals surface area contributed by atoms with Crippen LogP contribution in [-0.2, 0) is 11.3 Å². The molecule has 98 valence electrons. The number of ether oxygens (including phenoxy) is 1. The van der Waals surface area contributed by atoms with E-state index in [0.717, 1.165) is 5.56 Å². The SMILES string of the molecule is CC(C)(C)OC(=O)NCc1cccc(C(N)=O)c1. The van der Waals surface area contributed by atoms with Gasteiger partial charge in [0, 0.05) is 12.1 Å². The maximum absolute atomic E-state index is 11.4. The average Bonchev–Trinajstić information content (AvgIpc) is 2.24. The van der Waals surface area contributed by atoms with Crippen molar-refractivity contribution in [1.29, 1.82) is 0 Å². The Bertz CT molecular complexity index is 450. The maximum Gasteiger partial charge on any atom is 0.407 e. The van der Waals surface area contributed by atoms with Gasteiger partial charge in [-0.15, -0.1) is 0 Å². The molecule has 0 aliphatic heterocycles. The van der Waals surface area contributed by atoms with Crippen LogP contribution in [-0.4, -0.2) is 17.6 Å². The Morgan fingerprint density at radius 1 is 1.33 bits per heavy atom. The molecule has 0 aliphatic carbocycles. The number of benzene rings is 1. The van der Waals surface area contributed by atoms with Crippen molar-refractivity contribution in [1.82, 2.24) is 5.32 Å². The predicted molar refractivity (Wildman–Crippen MR) is 68.0 cm³/mol. The largest absolute Gasteiger partial charge is 0.444 e. The summed E-state index contributed by atoms with van der Waals surface area (Å²) < 4.78 is 5.10. The molecule has 18 heavy (non-hydrogen) atoms. The van der Waals surface area contributed by atoms with Crippen LogP contribution in [0.4, 0.5) is 4.79 Å². The third-order valence-corrected chi connectivity index (χ3v) is 2.05. The first-order valence-electron chi connectivity index (χ1n) is 5.63. The van der Waals surface area contributed by atoms with E-state index in [9.17, 15) is 9.59 Å². The van der Waals surface area contributed by atoms with E-state index in [4.69, 9.17) is 10.5 Å². The van der Waals surface area contributed by atoms with E-state index in [-0.39, 0.29) is 6.54 Å². The number of hydrogen-bond acceptors (Lipinski definition) is 3. The predicted octanol–water partition coefficient (Wildman–Crippen LogP) is 1.81. The molecule has 0 radical (unpaired) electrons. The molecule has 0 bridgehead atoms. The van der Waals surface area contributed by atoms with Gasteiger partial charge in [0.05, 0.1) is 0 Å². The van der Waals surface area contributed by atoms with E-state index in [1.807, 2.05) is 0 Å². The smallest absolute Gasteiger partial charge is 0.407 e. The van der Waals surface area contributed by atoms with Crippen molar-refractivity contribution in [3.63, 3.8) is 0 Å². The van der Waals surface area contributed by atoms with Gasteiger partial charge in [-0.1, -0.05) is 12.1 Å². The molecular weight excluding hydrogens is 232 g/mol. The van der Waals surface area contributed by atoms with Crippen molar-refractivity contribution < 1.29 is 14.3 Å². The van der Waals surface area contributed by atoms with Crippen LogP contribution in [0.2, 0.25) is 0 Å². The summed E-state index contributed by atoms with van der Waals surface area (Å²) in [6.45, 7) is 5.66. The topological polar surface area (TPSA) is 81.4 Å². The first kappa shape index (κ1) is 14.0. The lowest BCUT2D eigenvalue weighted by Crippen LogP contribution is -2.32. The summed E-state index contributed by atoms with van der Waals surface area (Å²) in [5.41, 5.74) is 5.85. The van der Waals surface area contributed by atoms with Crippen LogP contribution in [0.5, 0.6) is 0 Å². The molecule has 1 aromatic rings. The van der Waals surface area contributed by atoms with Crippen LogP contribution < -0.4 is 11.1 Å². The minimum atomic E-state index is -0.529. The van der Waals surface area contributed by atoms with Crippen LogP contribution >= 0.6 is 0 Å². The summed E-state index contributed by atoms with van der Waals surface area (Å²) in [5, 5.41) is 2.61. The second-order valence-corrected chi connectivity index (χ2v) is 4.92. The minimum absolute atomic E-state index is 0.288. The van der Waals surface area contributed by atoms with Gasteiger partial charge >= 0.3 is 6.09 Å². The van der Waals surface area contributed by atoms with E-state index in [1.54, 1.807) is 45.0 Å². The number of amides is 2. The van der Waals surface area contributed by atoms with E-state index in [0.29, 0.717) is 5.56 Å². The lowest BCUT2D eigenvalue weighted by Gasteiger charge is -2.19. The Balaban J connectivity index is 2.56. The number of hydrogen-bond donors (Lipinski definition) is 2. The van der Waals surface area contributed by atoms with Gasteiger partial charge in [-0.3, -0.25) is 4.79 Å². The molecule has 0 aliphatic rings. The fraction of sp³-hybridized carbons (Fsp3) is 0.385. The Morgan fingerprint density at radius 3 is 2.56 bits per heavy atom. The average molecular weight is 250 g/mol. The standard InChI is InChI=1S/C13H18N2O3/c1-13(2,3)18-12(17)15-8-9-5-4-6-10(7-9)11(14)16/h4-7H,8H2,1-3H3,(H2,14,16)(H,15,17). The van der Waals surface area contributed by atoms with Crippen LogP contribution in [0.25, 0.3) is 0 Å². The number of primary amides is 1. The Labute approximate surface area is 106 Å². The van der Waals surface area contributed by atoms with Crippen LogP contribution in [0.15, 0.2) is 24.3 Å². The van der Waals surface area contributed by atoms with Gasteiger partial charge < -0.3 is 15.8 Å². The minimum Gasteiger partial charge on any atom is -0.444 e. The summed E-state index contributed by atoms with van der Waals surface area (Å²) in [4.78, 5) is 22.4. The molecule has 0 unspecified atom stereocenters. The summed E-state index contributed by atoms with van der Waals surface area (Å²) in [5.74, 6) is -0.492. The molecule has 5 heteroatoms. The number of carbonyl (C=O) groups is 2. The first-order valence-corrected chi connectivity index (χ1v) is 5.63. The van der Waals surface area contributed by atoms with Gasteiger partial charge in [0.2, 0.25) is 5.91 Å². The zero-order valence-electron chi connectivity index (χ0n) is 10.8. The molecule has 5 nitrogen and oxygen atoms in total.